The van der Waals surface area contributed by atoms with Gasteiger partial charge < -0.3 is 24.6 Å². The third-order valence-corrected chi connectivity index (χ3v) is 4.91. The highest BCUT2D eigenvalue weighted by Crippen LogP contribution is 2.40. The van der Waals surface area contributed by atoms with E-state index in [9.17, 15) is 15.2 Å². The Hall–Kier alpha value is -3.34. The maximum absolute atomic E-state index is 11.8. The molecule has 2 aromatic carbocycles. The number of para-hydroxylation sites is 1. The number of ether oxygens (including phenoxy) is 3. The number of benzene rings is 2. The molecule has 0 amide bonds. The molecule has 0 bridgehead atoms. The Morgan fingerprint density at radius 2 is 2.06 bits per heavy atom. The lowest BCUT2D eigenvalue weighted by Crippen LogP contribution is -2.51. The molecule has 3 rings (SSSR count). The maximum Gasteiger partial charge on any atom is 0.313 e. The second kappa shape index (κ2) is 10.1. The SMILES string of the molecule is CC1(C)Oc2ccc(C#N)cc2[C@@H](NC=CCOCCC(=O)Oc2ccccc2)[C@@H]1O. The van der Waals surface area contributed by atoms with Crippen LogP contribution in [0.5, 0.6) is 11.5 Å². The summed E-state index contributed by atoms with van der Waals surface area (Å²) in [6.07, 6.45) is 2.77. The molecule has 0 radical (unpaired) electrons. The normalized spacial score (nSPS) is 19.2. The van der Waals surface area contributed by atoms with Gasteiger partial charge >= 0.3 is 5.97 Å². The number of nitrogens with zero attached hydrogens (tertiary/aromatic N) is 1. The van der Waals surface area contributed by atoms with Crippen molar-refractivity contribution in [2.75, 3.05) is 13.2 Å². The third-order valence-electron chi connectivity index (χ3n) is 4.91. The first-order chi connectivity index (χ1) is 14.9. The van der Waals surface area contributed by atoms with Crippen molar-refractivity contribution in [2.24, 2.45) is 0 Å². The van der Waals surface area contributed by atoms with E-state index in [0.29, 0.717) is 23.7 Å². The summed E-state index contributed by atoms with van der Waals surface area (Å²) >= 11 is 0. The number of aliphatic hydroxyl groups excluding tert-OH is 1. The van der Waals surface area contributed by atoms with Crippen molar-refractivity contribution in [3.8, 4) is 17.6 Å². The lowest BCUT2D eigenvalue weighted by atomic mass is 9.86. The van der Waals surface area contributed by atoms with Crippen LogP contribution in [0.1, 0.15) is 37.4 Å². The first kappa shape index (κ1) is 22.3. The van der Waals surface area contributed by atoms with Crippen LogP contribution in [-0.4, -0.2) is 36.0 Å². The number of esters is 1. The van der Waals surface area contributed by atoms with E-state index in [0.717, 1.165) is 5.56 Å². The predicted molar refractivity (Wildman–Crippen MR) is 114 cm³/mol. The third kappa shape index (κ3) is 5.85. The molecule has 0 unspecified atom stereocenters. The second-order valence-corrected chi connectivity index (χ2v) is 7.67. The average Bonchev–Trinajstić information content (AvgIpc) is 2.75. The number of fused-ring (bicyclic) bond motifs is 1. The Balaban J connectivity index is 1.48. The molecule has 2 N–H and O–H groups in total. The average molecular weight is 422 g/mol. The molecule has 1 aliphatic rings. The number of carbonyl (C=O) groups is 1. The fourth-order valence-electron chi connectivity index (χ4n) is 3.25. The van der Waals surface area contributed by atoms with Crippen molar-refractivity contribution in [3.05, 3.63) is 71.9 Å². The van der Waals surface area contributed by atoms with Gasteiger partial charge in [-0.1, -0.05) is 18.2 Å². The number of nitrogens with one attached hydrogen (secondary N) is 1. The van der Waals surface area contributed by atoms with Gasteiger partial charge in [-0.25, -0.2) is 0 Å². The van der Waals surface area contributed by atoms with Crippen LogP contribution in [0.15, 0.2) is 60.8 Å². The number of hydrogen-bond acceptors (Lipinski definition) is 7. The predicted octanol–water partition coefficient (Wildman–Crippen LogP) is 3.25. The molecule has 7 nitrogen and oxygen atoms in total. The molecule has 0 saturated carbocycles. The van der Waals surface area contributed by atoms with Crippen LogP contribution in [0.25, 0.3) is 0 Å². The van der Waals surface area contributed by atoms with E-state index in [-0.39, 0.29) is 19.0 Å². The summed E-state index contributed by atoms with van der Waals surface area (Å²) < 4.78 is 16.5. The molecule has 1 heterocycles. The van der Waals surface area contributed by atoms with Crippen molar-refractivity contribution in [2.45, 2.75) is 38.0 Å². The Bertz CT molecular complexity index is 966. The zero-order valence-electron chi connectivity index (χ0n) is 17.6. The van der Waals surface area contributed by atoms with E-state index in [1.807, 2.05) is 19.9 Å². The summed E-state index contributed by atoms with van der Waals surface area (Å²) in [5.74, 6) is 0.786. The summed E-state index contributed by atoms with van der Waals surface area (Å²) in [4.78, 5) is 11.8. The van der Waals surface area contributed by atoms with E-state index in [1.165, 1.54) is 0 Å². The van der Waals surface area contributed by atoms with Crippen molar-refractivity contribution in [1.29, 1.82) is 5.26 Å². The van der Waals surface area contributed by atoms with Crippen LogP contribution >= 0.6 is 0 Å². The molecule has 0 spiro atoms. The first-order valence-corrected chi connectivity index (χ1v) is 10.1. The van der Waals surface area contributed by atoms with Crippen molar-refractivity contribution in [1.82, 2.24) is 5.32 Å². The largest absolute Gasteiger partial charge is 0.485 e. The summed E-state index contributed by atoms with van der Waals surface area (Å²) in [5.41, 5.74) is 0.429. The van der Waals surface area contributed by atoms with Gasteiger partial charge in [-0.15, -0.1) is 0 Å². The van der Waals surface area contributed by atoms with Crippen molar-refractivity contribution >= 4 is 5.97 Å². The van der Waals surface area contributed by atoms with Crippen LogP contribution in [0.4, 0.5) is 0 Å². The molecule has 0 fully saturated rings. The zero-order chi connectivity index (χ0) is 22.3. The highest BCUT2D eigenvalue weighted by molar-refractivity contribution is 5.72. The van der Waals surface area contributed by atoms with Gasteiger partial charge in [-0.3, -0.25) is 4.79 Å². The molecule has 2 atom stereocenters. The van der Waals surface area contributed by atoms with Gasteiger partial charge in [0.05, 0.1) is 37.3 Å². The number of hydrogen-bond donors (Lipinski definition) is 2. The molecular formula is C24H26N2O5. The Morgan fingerprint density at radius 1 is 1.29 bits per heavy atom. The molecule has 162 valence electrons. The maximum atomic E-state index is 11.8. The highest BCUT2D eigenvalue weighted by Gasteiger charge is 2.42. The standard InChI is InChI=1S/C24H26N2O5/c1-24(2)23(28)22(19-15-17(16-25)9-10-20(19)31-24)26-12-6-13-29-14-11-21(27)30-18-7-4-3-5-8-18/h3-10,12,15,22-23,26,28H,11,13-14H2,1-2H3/t22-,23+/m1/s1. The first-order valence-electron chi connectivity index (χ1n) is 10.1. The fraction of sp³-hybridized carbons (Fsp3) is 0.333. The summed E-state index contributed by atoms with van der Waals surface area (Å²) in [5, 5.41) is 23.1. The molecule has 0 aliphatic carbocycles. The van der Waals surface area contributed by atoms with Crippen LogP contribution in [0.2, 0.25) is 0 Å². The Morgan fingerprint density at radius 3 is 2.81 bits per heavy atom. The minimum atomic E-state index is -0.827. The van der Waals surface area contributed by atoms with E-state index in [2.05, 4.69) is 11.4 Å². The summed E-state index contributed by atoms with van der Waals surface area (Å²) in [7, 11) is 0. The minimum Gasteiger partial charge on any atom is -0.485 e. The minimum absolute atomic E-state index is 0.146. The summed E-state index contributed by atoms with van der Waals surface area (Å²) in [6, 6.07) is 15.7. The van der Waals surface area contributed by atoms with Gasteiger partial charge in [0.25, 0.3) is 0 Å². The van der Waals surface area contributed by atoms with Crippen LogP contribution < -0.4 is 14.8 Å². The van der Waals surface area contributed by atoms with Gasteiger partial charge in [-0.2, -0.15) is 5.26 Å². The molecule has 0 saturated heterocycles. The van der Waals surface area contributed by atoms with E-state index in [1.54, 1.807) is 54.7 Å². The summed E-state index contributed by atoms with van der Waals surface area (Å²) in [6.45, 7) is 4.15. The molecule has 7 heteroatoms. The Kier molecular flexibility index (Phi) is 7.29. The molecule has 1 aliphatic heterocycles. The van der Waals surface area contributed by atoms with E-state index >= 15 is 0 Å². The van der Waals surface area contributed by atoms with Gasteiger partial charge in [0.15, 0.2) is 0 Å². The monoisotopic (exact) mass is 422 g/mol. The number of nitriles is 1. The van der Waals surface area contributed by atoms with Crippen LogP contribution in [0, 0.1) is 11.3 Å². The number of rotatable bonds is 8. The molecule has 2 aromatic rings. The van der Waals surface area contributed by atoms with E-state index in [4.69, 9.17) is 14.2 Å². The topological polar surface area (TPSA) is 101 Å². The fourth-order valence-corrected chi connectivity index (χ4v) is 3.25. The molecule has 31 heavy (non-hydrogen) atoms. The number of carbonyl (C=O) groups excluding carboxylic acids is 1. The molecular weight excluding hydrogens is 396 g/mol. The van der Waals surface area contributed by atoms with Crippen LogP contribution in [0.3, 0.4) is 0 Å². The highest BCUT2D eigenvalue weighted by atomic mass is 16.5. The smallest absolute Gasteiger partial charge is 0.313 e. The van der Waals surface area contributed by atoms with Crippen LogP contribution in [-0.2, 0) is 9.53 Å². The quantitative estimate of drug-likeness (QED) is 0.383. The Labute approximate surface area is 181 Å². The lowest BCUT2D eigenvalue weighted by molar-refractivity contribution is -0.135. The molecule has 0 aromatic heterocycles. The zero-order valence-corrected chi connectivity index (χ0v) is 17.6. The van der Waals surface area contributed by atoms with E-state index < -0.39 is 17.7 Å². The van der Waals surface area contributed by atoms with Gasteiger partial charge in [0.2, 0.25) is 0 Å². The van der Waals surface area contributed by atoms with Gasteiger partial charge in [0, 0.05) is 5.56 Å². The van der Waals surface area contributed by atoms with Crippen molar-refractivity contribution < 1.29 is 24.1 Å². The van der Waals surface area contributed by atoms with Gasteiger partial charge in [-0.05, 0) is 56.5 Å². The van der Waals surface area contributed by atoms with Gasteiger partial charge in [0.1, 0.15) is 23.2 Å². The lowest BCUT2D eigenvalue weighted by Gasteiger charge is -2.42. The number of aliphatic hydroxyl groups is 1. The van der Waals surface area contributed by atoms with Crippen molar-refractivity contribution in [3.63, 3.8) is 0 Å². The second-order valence-electron chi connectivity index (χ2n) is 7.67.